The topological polar surface area (TPSA) is 444 Å². The van der Waals surface area contributed by atoms with Gasteiger partial charge in [0.2, 0.25) is 41.4 Å². The Balaban J connectivity index is 3.68. The summed E-state index contributed by atoms with van der Waals surface area (Å²) in [6.07, 6.45) is 14.8. The summed E-state index contributed by atoms with van der Waals surface area (Å²) in [6, 6.07) is -3.92. The Hall–Kier alpha value is -6.48. The van der Waals surface area contributed by atoms with Gasteiger partial charge in [-0.15, -0.1) is 0 Å². The minimum Gasteiger partial charge on any atom is -0.481 e. The number of unbranched alkanes of at least 4 members (excludes halogenated alkanes) is 13. The van der Waals surface area contributed by atoms with Gasteiger partial charge in [0.15, 0.2) is 0 Å². The molecule has 0 saturated carbocycles. The van der Waals surface area contributed by atoms with Gasteiger partial charge in [0, 0.05) is 58.3 Å². The van der Waals surface area contributed by atoms with Crippen LogP contribution >= 0.6 is 0 Å². The van der Waals surface area contributed by atoms with Crippen molar-refractivity contribution in [3.8, 4) is 0 Å². The van der Waals surface area contributed by atoms with Crippen LogP contribution in [0.4, 0.5) is 0 Å². The number of rotatable bonds is 64. The number of aldehydes is 1. The molecule has 3 atom stereocenters. The van der Waals surface area contributed by atoms with Crippen molar-refractivity contribution in [2.45, 2.75) is 159 Å². The number of carbonyl (C=O) groups excluding carboxylic acids is 8. The second-order valence-electron chi connectivity index (χ2n) is 20.1. The standard InChI is InChI=1S/C57H99N7O24/c65-27-15-16-44(55(75)76)62-49(68)22-20-46(57(79)80)64-53(72)43-88-39-35-84-31-26-61-52(71)42-87-38-34-83-30-25-60-51(70)41-86-37-33-82-29-24-59-50(69)40-85-36-32-81-28-23-58-47(66)21-19-45(56(77)78)63-48(67)17-13-11-9-7-5-3-1-2-4-6-8-10-12-14-18-54(73)74/h27,44-46H,1-26,28-43H2,(H,58,66)(H,59,69)(H,60,70)(H,61,71)(H,62,68)(H,63,67)(H,64,72)(H,73,74)(H,75,76)(H,77,78)(H,79,80)/t44-,45-,46-/m0/s1. The highest BCUT2D eigenvalue weighted by Crippen LogP contribution is 2.14. The van der Waals surface area contributed by atoms with Crippen LogP contribution in [0.5, 0.6) is 0 Å². The molecule has 0 rings (SSSR count). The predicted octanol–water partition coefficient (Wildman–Crippen LogP) is 0.158. The van der Waals surface area contributed by atoms with Crippen molar-refractivity contribution in [1.29, 1.82) is 0 Å². The lowest BCUT2D eigenvalue weighted by molar-refractivity contribution is -0.144. The molecule has 0 fully saturated rings. The zero-order valence-corrected chi connectivity index (χ0v) is 51.0. The lowest BCUT2D eigenvalue weighted by atomic mass is 10.0. The van der Waals surface area contributed by atoms with Crippen LogP contribution in [0.1, 0.15) is 141 Å². The van der Waals surface area contributed by atoms with Crippen molar-refractivity contribution in [1.82, 2.24) is 37.2 Å². The molecular weight excluding hydrogens is 1170 g/mol. The van der Waals surface area contributed by atoms with Gasteiger partial charge in [-0.1, -0.05) is 77.0 Å². The lowest BCUT2D eigenvalue weighted by Crippen LogP contribution is -2.44. The third kappa shape index (κ3) is 54.9. The van der Waals surface area contributed by atoms with Gasteiger partial charge in [-0.25, -0.2) is 14.4 Å². The second-order valence-corrected chi connectivity index (χ2v) is 20.1. The number of carboxylic acids is 4. The third-order valence-electron chi connectivity index (χ3n) is 12.5. The van der Waals surface area contributed by atoms with Crippen LogP contribution in [0.2, 0.25) is 0 Å². The van der Waals surface area contributed by atoms with E-state index in [9.17, 15) is 67.7 Å². The monoisotopic (exact) mass is 1270 g/mol. The van der Waals surface area contributed by atoms with Crippen molar-refractivity contribution >= 4 is 71.5 Å². The molecule has 0 bridgehead atoms. The zero-order valence-electron chi connectivity index (χ0n) is 51.0. The molecule has 0 heterocycles. The molecule has 506 valence electrons. The molecule has 0 unspecified atom stereocenters. The SMILES string of the molecule is O=CCC[C@H](NC(=O)CC[C@H](NC(=O)COCCOCCNC(=O)COCCOCCNC(=O)COCCOCCNC(=O)COCCOCCNC(=O)CC[C@H](NC(=O)CCCCCCCCCCCCCCCCC(=O)O)C(=O)O)C(=O)O)C(=O)O. The molecule has 0 aliphatic heterocycles. The van der Waals surface area contributed by atoms with Crippen molar-refractivity contribution in [2.75, 3.05) is 132 Å². The highest BCUT2D eigenvalue weighted by atomic mass is 16.5. The Kier molecular flexibility index (Phi) is 53.9. The van der Waals surface area contributed by atoms with Crippen LogP contribution < -0.4 is 37.2 Å². The molecule has 0 aliphatic carbocycles. The molecular formula is C57H99N7O24. The van der Waals surface area contributed by atoms with Crippen molar-refractivity contribution in [3.05, 3.63) is 0 Å². The average molecular weight is 1270 g/mol. The van der Waals surface area contributed by atoms with Crippen LogP contribution in [0.3, 0.4) is 0 Å². The van der Waals surface area contributed by atoms with E-state index in [0.717, 1.165) is 51.4 Å². The van der Waals surface area contributed by atoms with Gasteiger partial charge >= 0.3 is 23.9 Å². The molecule has 0 aromatic carbocycles. The molecule has 31 nitrogen and oxygen atoms in total. The first-order valence-corrected chi connectivity index (χ1v) is 30.4. The summed E-state index contributed by atoms with van der Waals surface area (Å²) in [7, 11) is 0. The largest absolute Gasteiger partial charge is 0.481 e. The number of amides is 7. The molecule has 0 aromatic rings. The maximum atomic E-state index is 12.4. The summed E-state index contributed by atoms with van der Waals surface area (Å²) in [5.41, 5.74) is 0. The van der Waals surface area contributed by atoms with Gasteiger partial charge in [-0.2, -0.15) is 0 Å². The lowest BCUT2D eigenvalue weighted by Gasteiger charge is -2.16. The van der Waals surface area contributed by atoms with E-state index in [-0.39, 0.29) is 194 Å². The summed E-state index contributed by atoms with van der Waals surface area (Å²) in [5.74, 6) is -8.07. The number of ether oxygens (including phenoxy) is 8. The average Bonchev–Trinajstić information content (AvgIpc) is 3.58. The van der Waals surface area contributed by atoms with Gasteiger partial charge in [0.05, 0.1) is 79.3 Å². The fraction of sp³-hybridized carbons (Fsp3) is 0.789. The van der Waals surface area contributed by atoms with E-state index in [1.54, 1.807) is 0 Å². The van der Waals surface area contributed by atoms with Gasteiger partial charge in [-0.05, 0) is 32.1 Å². The van der Waals surface area contributed by atoms with E-state index in [1.165, 1.54) is 32.1 Å². The van der Waals surface area contributed by atoms with E-state index in [4.69, 9.17) is 48.1 Å². The zero-order chi connectivity index (χ0) is 65.1. The second kappa shape index (κ2) is 58.2. The van der Waals surface area contributed by atoms with Crippen molar-refractivity contribution < 1.29 is 116 Å². The fourth-order valence-electron chi connectivity index (χ4n) is 7.84. The minimum absolute atomic E-state index is 0.0258. The minimum atomic E-state index is -1.44. The fourth-order valence-corrected chi connectivity index (χ4v) is 7.84. The van der Waals surface area contributed by atoms with E-state index in [2.05, 4.69) is 37.2 Å². The maximum absolute atomic E-state index is 12.4. The van der Waals surface area contributed by atoms with E-state index in [0.29, 0.717) is 12.7 Å². The highest BCUT2D eigenvalue weighted by molar-refractivity contribution is 5.87. The summed E-state index contributed by atoms with van der Waals surface area (Å²) in [4.78, 5) is 140. The van der Waals surface area contributed by atoms with Gasteiger partial charge in [0.1, 0.15) is 50.8 Å². The number of carbonyl (C=O) groups is 12. The van der Waals surface area contributed by atoms with Gasteiger partial charge < -0.3 is 100 Å². The Morgan fingerprint density at radius 1 is 0.295 bits per heavy atom. The van der Waals surface area contributed by atoms with Crippen molar-refractivity contribution in [2.24, 2.45) is 0 Å². The normalized spacial score (nSPS) is 12.0. The summed E-state index contributed by atoms with van der Waals surface area (Å²) in [5, 5.41) is 54.2. The molecule has 11 N–H and O–H groups in total. The summed E-state index contributed by atoms with van der Waals surface area (Å²) < 4.78 is 42.4. The number of hydrogen-bond donors (Lipinski definition) is 11. The molecule has 88 heavy (non-hydrogen) atoms. The van der Waals surface area contributed by atoms with Crippen LogP contribution in [0.25, 0.3) is 0 Å². The van der Waals surface area contributed by atoms with Gasteiger partial charge in [-0.3, -0.25) is 38.4 Å². The van der Waals surface area contributed by atoms with Crippen LogP contribution in [-0.2, 0) is 95.4 Å². The number of nitrogens with one attached hydrogen (secondary N) is 7. The number of carboxylic acid groups (broad SMARTS) is 4. The van der Waals surface area contributed by atoms with Gasteiger partial charge in [0.25, 0.3) is 0 Å². The molecule has 31 heteroatoms. The van der Waals surface area contributed by atoms with E-state index in [1.807, 2.05) is 0 Å². The Morgan fingerprint density at radius 3 is 0.909 bits per heavy atom. The molecule has 0 aliphatic rings. The Labute approximate surface area is 514 Å². The quantitative estimate of drug-likeness (QED) is 0.0285. The smallest absolute Gasteiger partial charge is 0.326 e. The molecule has 7 amide bonds. The van der Waals surface area contributed by atoms with Crippen molar-refractivity contribution in [3.63, 3.8) is 0 Å². The molecule has 0 saturated heterocycles. The third-order valence-corrected chi connectivity index (χ3v) is 12.5. The van der Waals surface area contributed by atoms with E-state index >= 15 is 0 Å². The predicted molar refractivity (Wildman–Crippen MR) is 313 cm³/mol. The summed E-state index contributed by atoms with van der Waals surface area (Å²) >= 11 is 0. The first-order chi connectivity index (χ1) is 42.4. The maximum Gasteiger partial charge on any atom is 0.326 e. The number of aliphatic carboxylic acids is 4. The molecule has 0 aromatic heterocycles. The van der Waals surface area contributed by atoms with E-state index < -0.39 is 72.8 Å². The van der Waals surface area contributed by atoms with Crippen LogP contribution in [0.15, 0.2) is 0 Å². The Morgan fingerprint density at radius 2 is 0.568 bits per heavy atom. The number of hydrogen-bond acceptors (Lipinski definition) is 20. The molecule has 0 spiro atoms. The van der Waals surface area contributed by atoms with Crippen LogP contribution in [0, 0.1) is 0 Å². The Bertz CT molecular complexity index is 1970. The first-order valence-electron chi connectivity index (χ1n) is 30.4. The highest BCUT2D eigenvalue weighted by Gasteiger charge is 2.24. The summed E-state index contributed by atoms with van der Waals surface area (Å²) in [6.45, 7) is 1.23. The van der Waals surface area contributed by atoms with Crippen LogP contribution in [-0.4, -0.2) is 242 Å². The first kappa shape index (κ1) is 81.5. The molecule has 0 radical (unpaired) electrons.